The maximum atomic E-state index is 11.6. The molecule has 1 atom stereocenters. The third kappa shape index (κ3) is 1.82. The summed E-state index contributed by atoms with van der Waals surface area (Å²) in [7, 11) is 1.25. The smallest absolute Gasteiger partial charge is 0.339 e. The molecule has 0 spiro atoms. The number of aromatic nitrogens is 1. The Morgan fingerprint density at radius 3 is 2.76 bits per heavy atom. The molecule has 0 bridgehead atoms. The molecule has 0 unspecified atom stereocenters. The van der Waals surface area contributed by atoms with Gasteiger partial charge in [0.25, 0.3) is 0 Å². The van der Waals surface area contributed by atoms with Crippen molar-refractivity contribution in [3.63, 3.8) is 0 Å². The molecule has 0 N–H and O–H groups in total. The number of carbonyl (C=O) groups is 3. The molecule has 1 aromatic rings. The van der Waals surface area contributed by atoms with Crippen LogP contribution in [0.25, 0.3) is 0 Å². The lowest BCUT2D eigenvalue weighted by Crippen LogP contribution is -2.10. The number of methoxy groups -OCH3 is 1. The van der Waals surface area contributed by atoms with Crippen molar-refractivity contribution >= 4 is 17.8 Å². The predicted molar refractivity (Wildman–Crippen MR) is 55.5 cm³/mol. The van der Waals surface area contributed by atoms with Crippen LogP contribution >= 0.6 is 0 Å². The van der Waals surface area contributed by atoms with Crippen LogP contribution in [0.1, 0.15) is 40.3 Å². The predicted octanol–water partition coefficient (Wildman–Crippen LogP) is 0.923. The molecule has 0 saturated heterocycles. The SMILES string of the molecule is COC(=O)c1ccn2c1[C@@H](OC(C)=O)CC2=O. The Balaban J connectivity index is 2.42. The lowest BCUT2D eigenvalue weighted by atomic mass is 10.1. The highest BCUT2D eigenvalue weighted by Crippen LogP contribution is 2.33. The van der Waals surface area contributed by atoms with Crippen LogP contribution in [0.4, 0.5) is 0 Å². The summed E-state index contributed by atoms with van der Waals surface area (Å²) in [5, 5.41) is 0. The van der Waals surface area contributed by atoms with E-state index in [1.807, 2.05) is 0 Å². The van der Waals surface area contributed by atoms with Gasteiger partial charge in [-0.1, -0.05) is 0 Å². The van der Waals surface area contributed by atoms with Crippen molar-refractivity contribution in [3.05, 3.63) is 23.5 Å². The van der Waals surface area contributed by atoms with Gasteiger partial charge in [0, 0.05) is 13.1 Å². The molecular formula is C11H11NO5. The highest BCUT2D eigenvalue weighted by molar-refractivity contribution is 5.95. The topological polar surface area (TPSA) is 74.6 Å². The highest BCUT2D eigenvalue weighted by Gasteiger charge is 2.36. The summed E-state index contributed by atoms with van der Waals surface area (Å²) < 4.78 is 10.9. The third-order valence-electron chi connectivity index (χ3n) is 2.57. The number of carbonyl (C=O) groups excluding carboxylic acids is 3. The molecule has 1 aromatic heterocycles. The maximum Gasteiger partial charge on any atom is 0.339 e. The molecule has 1 aliphatic rings. The van der Waals surface area contributed by atoms with Crippen LogP contribution in [-0.4, -0.2) is 29.5 Å². The summed E-state index contributed by atoms with van der Waals surface area (Å²) in [6, 6.07) is 1.48. The highest BCUT2D eigenvalue weighted by atomic mass is 16.5. The van der Waals surface area contributed by atoms with Gasteiger partial charge in [0.2, 0.25) is 5.91 Å². The van der Waals surface area contributed by atoms with Gasteiger partial charge in [-0.05, 0) is 6.07 Å². The van der Waals surface area contributed by atoms with Crippen LogP contribution in [0.2, 0.25) is 0 Å². The van der Waals surface area contributed by atoms with E-state index >= 15 is 0 Å². The van der Waals surface area contributed by atoms with E-state index in [4.69, 9.17) is 4.74 Å². The average Bonchev–Trinajstić information content (AvgIpc) is 2.80. The zero-order chi connectivity index (χ0) is 12.6. The first-order valence-electron chi connectivity index (χ1n) is 5.04. The molecule has 2 rings (SSSR count). The second kappa shape index (κ2) is 4.04. The number of nitrogens with zero attached hydrogens (tertiary/aromatic N) is 1. The molecule has 6 nitrogen and oxygen atoms in total. The largest absolute Gasteiger partial charge is 0.465 e. The van der Waals surface area contributed by atoms with Crippen molar-refractivity contribution in [2.75, 3.05) is 7.11 Å². The summed E-state index contributed by atoms with van der Waals surface area (Å²) in [4.78, 5) is 34.0. The summed E-state index contributed by atoms with van der Waals surface area (Å²) in [5.74, 6) is -1.25. The van der Waals surface area contributed by atoms with Gasteiger partial charge in [0.1, 0.15) is 0 Å². The van der Waals surface area contributed by atoms with Crippen molar-refractivity contribution in [2.24, 2.45) is 0 Å². The normalized spacial score (nSPS) is 17.8. The van der Waals surface area contributed by atoms with E-state index < -0.39 is 18.0 Å². The summed E-state index contributed by atoms with van der Waals surface area (Å²) in [5.41, 5.74) is 0.640. The second-order valence-electron chi connectivity index (χ2n) is 3.67. The van der Waals surface area contributed by atoms with Crippen LogP contribution in [0.3, 0.4) is 0 Å². The number of esters is 2. The molecule has 1 aliphatic heterocycles. The molecule has 2 heterocycles. The Bertz CT molecular complexity index is 502. The van der Waals surface area contributed by atoms with Gasteiger partial charge in [-0.2, -0.15) is 0 Å². The van der Waals surface area contributed by atoms with Gasteiger partial charge in [0.05, 0.1) is 24.8 Å². The van der Waals surface area contributed by atoms with E-state index in [-0.39, 0.29) is 17.9 Å². The second-order valence-corrected chi connectivity index (χ2v) is 3.67. The first-order chi connectivity index (χ1) is 8.04. The molecular weight excluding hydrogens is 226 g/mol. The maximum absolute atomic E-state index is 11.6. The first kappa shape index (κ1) is 11.4. The first-order valence-corrected chi connectivity index (χ1v) is 5.04. The molecule has 6 heteroatoms. The van der Waals surface area contributed by atoms with E-state index in [0.717, 1.165) is 0 Å². The van der Waals surface area contributed by atoms with Crippen LogP contribution in [0.5, 0.6) is 0 Å². The molecule has 0 amide bonds. The molecule has 0 fully saturated rings. The van der Waals surface area contributed by atoms with Crippen molar-refractivity contribution in [2.45, 2.75) is 19.4 Å². The van der Waals surface area contributed by atoms with E-state index in [1.54, 1.807) is 0 Å². The summed E-state index contributed by atoms with van der Waals surface area (Å²) in [6.07, 6.45) is 0.830. The van der Waals surface area contributed by atoms with Gasteiger partial charge in [-0.3, -0.25) is 14.2 Å². The minimum Gasteiger partial charge on any atom is -0.465 e. The quantitative estimate of drug-likeness (QED) is 0.715. The lowest BCUT2D eigenvalue weighted by Gasteiger charge is -2.10. The van der Waals surface area contributed by atoms with Crippen molar-refractivity contribution in [3.8, 4) is 0 Å². The molecule has 0 saturated carbocycles. The standard InChI is InChI=1S/C11H11NO5/c1-6(13)17-8-5-9(14)12-4-3-7(10(8)12)11(15)16-2/h3-4,8H,5H2,1-2H3/t8-/m0/s1. The van der Waals surface area contributed by atoms with Crippen LogP contribution in [0.15, 0.2) is 12.3 Å². The lowest BCUT2D eigenvalue weighted by molar-refractivity contribution is -0.146. The Hall–Kier alpha value is -2.11. The Morgan fingerprint density at radius 1 is 1.47 bits per heavy atom. The van der Waals surface area contributed by atoms with Gasteiger partial charge in [-0.15, -0.1) is 0 Å². The van der Waals surface area contributed by atoms with Gasteiger partial charge in [-0.25, -0.2) is 4.79 Å². The van der Waals surface area contributed by atoms with E-state index in [1.165, 1.54) is 30.9 Å². The van der Waals surface area contributed by atoms with E-state index in [0.29, 0.717) is 5.69 Å². The third-order valence-corrected chi connectivity index (χ3v) is 2.57. The van der Waals surface area contributed by atoms with Crippen molar-refractivity contribution in [1.29, 1.82) is 0 Å². The molecule has 0 radical (unpaired) electrons. The fourth-order valence-corrected chi connectivity index (χ4v) is 1.92. The minimum absolute atomic E-state index is 0.0553. The zero-order valence-corrected chi connectivity index (χ0v) is 9.43. The molecule has 90 valence electrons. The summed E-state index contributed by atoms with van der Waals surface area (Å²) in [6.45, 7) is 1.26. The Labute approximate surface area is 97.1 Å². The average molecular weight is 237 g/mol. The molecule has 17 heavy (non-hydrogen) atoms. The van der Waals surface area contributed by atoms with Gasteiger partial charge >= 0.3 is 11.9 Å². The molecule has 0 aromatic carbocycles. The summed E-state index contributed by atoms with van der Waals surface area (Å²) >= 11 is 0. The number of hydrogen-bond donors (Lipinski definition) is 0. The van der Waals surface area contributed by atoms with Gasteiger partial charge in [0.15, 0.2) is 6.10 Å². The monoisotopic (exact) mass is 237 g/mol. The molecule has 0 aliphatic carbocycles. The zero-order valence-electron chi connectivity index (χ0n) is 9.43. The van der Waals surface area contributed by atoms with Crippen LogP contribution < -0.4 is 0 Å². The Morgan fingerprint density at radius 2 is 2.18 bits per heavy atom. The Kier molecular flexibility index (Phi) is 2.71. The van der Waals surface area contributed by atoms with E-state index in [2.05, 4.69) is 4.74 Å². The fraction of sp³-hybridized carbons (Fsp3) is 0.364. The number of fused-ring (bicyclic) bond motifs is 1. The number of rotatable bonds is 2. The van der Waals surface area contributed by atoms with Crippen LogP contribution in [0, 0.1) is 0 Å². The van der Waals surface area contributed by atoms with Crippen molar-refractivity contribution in [1.82, 2.24) is 4.57 Å². The van der Waals surface area contributed by atoms with Gasteiger partial charge < -0.3 is 9.47 Å². The number of hydrogen-bond acceptors (Lipinski definition) is 5. The number of ether oxygens (including phenoxy) is 2. The van der Waals surface area contributed by atoms with Crippen LogP contribution in [-0.2, 0) is 14.3 Å². The van der Waals surface area contributed by atoms with Crippen molar-refractivity contribution < 1.29 is 23.9 Å². The van der Waals surface area contributed by atoms with E-state index in [9.17, 15) is 14.4 Å². The minimum atomic E-state index is -0.705. The fourth-order valence-electron chi connectivity index (χ4n) is 1.92.